The molecule has 15 atom stereocenters. The molecule has 3 unspecified atom stereocenters. The Morgan fingerprint density at radius 3 is 1.93 bits per heavy atom. The molecule has 3 saturated carbocycles. The average Bonchev–Trinajstić information content (AvgIpc) is 1.47. The molecule has 0 spiro atoms. The maximum Gasteiger partial charge on any atom is 0.407 e. The Morgan fingerprint density at radius 1 is 0.659 bits per heavy atom. The Hall–Kier alpha value is -9.13. The number of fused-ring (bicyclic) bond motifs is 8. The van der Waals surface area contributed by atoms with Gasteiger partial charge in [-0.3, -0.25) is 43.2 Å². The number of hydrogen-bond acceptors (Lipinski definition) is 27. The van der Waals surface area contributed by atoms with E-state index in [1.165, 1.54) is 31.2 Å². The van der Waals surface area contributed by atoms with E-state index >= 15 is 8.78 Å². The van der Waals surface area contributed by atoms with Crippen LogP contribution >= 0.6 is 0 Å². The Labute approximate surface area is 808 Å². The van der Waals surface area contributed by atoms with E-state index < -0.39 is 143 Å². The largest absolute Gasteiger partial charge is 0.445 e. The summed E-state index contributed by atoms with van der Waals surface area (Å²) in [6.07, 6.45) is 7.25. The number of carbonyl (C=O) groups excluding carboxylic acids is 11. The first-order valence-electron chi connectivity index (χ1n) is 49.2. The highest BCUT2D eigenvalue weighted by Gasteiger charge is 2.80. The lowest BCUT2D eigenvalue weighted by molar-refractivity contribution is -0.869. The van der Waals surface area contributed by atoms with Crippen LogP contribution in [-0.2, 0) is 124 Å². The van der Waals surface area contributed by atoms with Gasteiger partial charge in [0.1, 0.15) is 62.0 Å². The van der Waals surface area contributed by atoms with Gasteiger partial charge < -0.3 is 125 Å². The van der Waals surface area contributed by atoms with Gasteiger partial charge in [-0.15, -0.1) is 11.0 Å². The highest BCUT2D eigenvalue weighted by Crippen LogP contribution is 2.72. The molecule has 41 heteroatoms. The summed E-state index contributed by atoms with van der Waals surface area (Å²) in [6.45, 7) is 14.4. The Kier molecular flexibility index (Phi) is 47.0. The van der Waals surface area contributed by atoms with Crippen LogP contribution in [-0.4, -0.2) is 329 Å². The first kappa shape index (κ1) is 112. The smallest absolute Gasteiger partial charge is 0.407 e. The van der Waals surface area contributed by atoms with Gasteiger partial charge in [-0.25, -0.2) is 23.1 Å². The van der Waals surface area contributed by atoms with E-state index in [9.17, 15) is 57.8 Å². The zero-order valence-electron chi connectivity index (χ0n) is 81.8. The zero-order valence-corrected chi connectivity index (χ0v) is 81.8. The quantitative estimate of drug-likeness (QED) is 0.0232. The molecule has 1 aromatic heterocycles. The molecule has 0 radical (unpaired) electrons. The topological polar surface area (TPSA) is 493 Å². The van der Waals surface area contributed by atoms with Crippen LogP contribution in [0.15, 0.2) is 48.1 Å². The third-order valence-electron chi connectivity index (χ3n) is 26.3. The van der Waals surface area contributed by atoms with Crippen molar-refractivity contribution < 1.29 is 133 Å². The number of nitrogens with one attached hydrogen (secondary N) is 9. The second kappa shape index (κ2) is 57.7. The van der Waals surface area contributed by atoms with Crippen LogP contribution in [0.2, 0.25) is 0 Å². The number of urea groups is 1. The summed E-state index contributed by atoms with van der Waals surface area (Å²) in [5, 5.41) is 45.8. The molecule has 6 aliphatic carbocycles. The summed E-state index contributed by atoms with van der Waals surface area (Å²) < 4.78 is 113. The number of unbranched alkanes of at least 4 members (excludes halogenated alkanes) is 1. The van der Waals surface area contributed by atoms with Crippen LogP contribution in [0.1, 0.15) is 193 Å². The Bertz CT molecular complexity index is 4360. The maximum atomic E-state index is 18.1. The first-order chi connectivity index (χ1) is 66.3. The number of rotatable bonds is 63. The van der Waals surface area contributed by atoms with Gasteiger partial charge in [0, 0.05) is 61.3 Å². The number of benzene rings is 1. The van der Waals surface area contributed by atoms with Crippen LogP contribution in [0.4, 0.5) is 24.1 Å². The van der Waals surface area contributed by atoms with Crippen LogP contribution < -0.4 is 53.6 Å². The Morgan fingerprint density at radius 2 is 1.27 bits per heavy atom. The fraction of sp³-hybridized carbons (Fsp3) is 0.742. The molecular formula is C97H151F2N14O25+. The highest BCUT2D eigenvalue weighted by molar-refractivity contribution is 6.02. The molecule has 12 N–H and O–H groups in total. The number of anilines is 1. The molecule has 7 aliphatic rings. The van der Waals surface area contributed by atoms with Crippen molar-refractivity contribution in [1.82, 2.24) is 57.5 Å². The third-order valence-corrected chi connectivity index (χ3v) is 26.3. The second-order valence-electron chi connectivity index (χ2n) is 37.9. The molecule has 1 aliphatic heterocycles. The number of aliphatic hydroxyl groups is 1. The van der Waals surface area contributed by atoms with Gasteiger partial charge >= 0.3 is 12.1 Å². The summed E-state index contributed by atoms with van der Waals surface area (Å²) in [5.74, 6) is -0.645. The summed E-state index contributed by atoms with van der Waals surface area (Å²) >= 11 is 0. The predicted octanol–water partition coefficient (Wildman–Crippen LogP) is 5.15. The Balaban J connectivity index is 0.729. The van der Waals surface area contributed by atoms with Crippen LogP contribution in [0.5, 0.6) is 0 Å². The number of aromatic nitrogens is 3. The number of likely N-dealkylation sites (N-methyl/N-ethyl adjacent to an activating group) is 1. The van der Waals surface area contributed by atoms with Gasteiger partial charge in [0.15, 0.2) is 29.1 Å². The lowest BCUT2D eigenvalue weighted by atomic mass is 9.44. The first-order valence-corrected chi connectivity index (χ1v) is 49.2. The minimum Gasteiger partial charge on any atom is -0.445 e. The van der Waals surface area contributed by atoms with Crippen molar-refractivity contribution in [2.75, 3.05) is 185 Å². The predicted molar refractivity (Wildman–Crippen MR) is 500 cm³/mol. The monoisotopic (exact) mass is 1950 g/mol. The molecule has 39 nitrogen and oxygen atoms in total. The van der Waals surface area contributed by atoms with Crippen LogP contribution in [0.3, 0.4) is 0 Å². The molecule has 138 heavy (non-hydrogen) atoms. The van der Waals surface area contributed by atoms with E-state index in [2.05, 4.69) is 91.1 Å². The number of ether oxygens (including phenoxy) is 13. The van der Waals surface area contributed by atoms with Gasteiger partial charge in [-0.1, -0.05) is 82.7 Å². The zero-order chi connectivity index (χ0) is 99.5. The molecule has 4 fully saturated rings. The van der Waals surface area contributed by atoms with Crippen molar-refractivity contribution in [1.29, 1.82) is 0 Å². The number of halogens is 2. The SMILES string of the molecule is CCCC1O[C@@H]2C[C@H]3[C@@H]4C[C@H](F)C5=CC(=O)C=C[C@]5(C)[C@@]4(F)[C@@H](O)C[C@]3(C)[C@]2(C(=O)CNC(=O)OCc2ccc(NC(=O)[C@H](CCCNC(N)=O)NC(=O)[C@@H](NC(=O)[C@@H](CCCCNC(=O)COC3CCCCCc4c3nnn4CCOCCOCCOCCOCCC(=O)NCC[N+](C)(C)C)NC(=O)CCOCCOCCOCCOCCNC(=O)COC3C#CCCCCC3)C(C)C)cc2)O1. The number of carbonyl (C=O) groups is 11. The number of primary amides is 1. The molecule has 2 heterocycles. The van der Waals surface area contributed by atoms with Crippen molar-refractivity contribution in [3.8, 4) is 11.8 Å². The molecule has 1 aromatic carbocycles. The number of allylic oxidation sites excluding steroid dienone is 4. The van der Waals surface area contributed by atoms with E-state index in [0.717, 1.165) is 80.6 Å². The van der Waals surface area contributed by atoms with Gasteiger partial charge in [0.05, 0.1) is 171 Å². The molecule has 0 bridgehead atoms. The highest BCUT2D eigenvalue weighted by atomic mass is 19.1. The summed E-state index contributed by atoms with van der Waals surface area (Å²) in [4.78, 5) is 147. The van der Waals surface area contributed by atoms with E-state index in [1.807, 2.05) is 11.6 Å². The van der Waals surface area contributed by atoms with Gasteiger partial charge in [-0.05, 0) is 150 Å². The van der Waals surface area contributed by atoms with Crippen molar-refractivity contribution in [3.05, 3.63) is 65.0 Å². The fourth-order valence-corrected chi connectivity index (χ4v) is 18.9. The second-order valence-corrected chi connectivity index (χ2v) is 37.9. The molecule has 772 valence electrons. The van der Waals surface area contributed by atoms with E-state index in [4.69, 9.17) is 67.3 Å². The minimum atomic E-state index is -2.42. The number of alkyl halides is 2. The van der Waals surface area contributed by atoms with Crippen molar-refractivity contribution in [2.45, 2.75) is 255 Å². The normalized spacial score (nSPS) is 24.3. The number of nitrogens with two attached hydrogens (primary N) is 1. The van der Waals surface area contributed by atoms with Gasteiger partial charge in [0.2, 0.25) is 41.4 Å². The minimum absolute atomic E-state index is 0.0264. The number of alkyl carbamates (subject to hydrolysis) is 1. The lowest BCUT2D eigenvalue weighted by Crippen LogP contribution is -2.71. The number of aliphatic hydroxyl groups excluding tert-OH is 1. The summed E-state index contributed by atoms with van der Waals surface area (Å²) in [6, 6.07) is 1.63. The van der Waals surface area contributed by atoms with Crippen molar-refractivity contribution >= 4 is 70.7 Å². The van der Waals surface area contributed by atoms with Gasteiger partial charge in [0.25, 0.3) is 0 Å². The molecule has 2 aromatic rings. The summed E-state index contributed by atoms with van der Waals surface area (Å²) in [5.41, 5.74) is 0.485. The molecule has 9 rings (SSSR count). The van der Waals surface area contributed by atoms with Crippen molar-refractivity contribution in [3.63, 3.8) is 0 Å². The number of hydrogen-bond donors (Lipinski definition) is 11. The van der Waals surface area contributed by atoms with E-state index in [0.29, 0.717) is 142 Å². The third kappa shape index (κ3) is 34.4. The van der Waals surface area contributed by atoms with Crippen LogP contribution in [0.25, 0.3) is 0 Å². The molecular weight excluding hydrogens is 1800 g/mol. The summed E-state index contributed by atoms with van der Waals surface area (Å²) in [7, 11) is 6.21. The van der Waals surface area contributed by atoms with E-state index in [1.54, 1.807) is 32.9 Å². The number of Topliss-reactive ketones (excluding diaryl/α,β-unsaturated/α-hetero) is 1. The van der Waals surface area contributed by atoms with Crippen LogP contribution in [0, 0.1) is 40.4 Å². The molecule has 10 amide bonds. The number of quaternary nitrogens is 1. The fourth-order valence-electron chi connectivity index (χ4n) is 18.9. The number of amides is 10. The maximum absolute atomic E-state index is 18.1. The van der Waals surface area contributed by atoms with Crippen molar-refractivity contribution in [2.24, 2.45) is 34.3 Å². The van der Waals surface area contributed by atoms with Gasteiger partial charge in [-0.2, -0.15) is 0 Å². The standard InChI is InChI=1S/C97H150F2N14O25/c1-9-21-86-137-81-60-71-72-59-74(98)73-58-69(114)32-35-94(73,4)96(72,99)79(115)61-95(71,5)97(81,138-86)80(116)62-105-93(125)136-63-67-28-30-68(31-29-67)106-89(121)76(25-20-37-104-92(100)124)108-91(123)87(66(2)3)109-90(122)75(107-83(118)34-43-127-47-51-131-54-56-132-52-48-128-44-39-103-84(119)64-134-70-22-14-11-10-12-15-23-70)24-18-19-36-101-85(120)65-135-78-27-17-13-16-26-77-88(78)110-111-112(77)40-45-129-49-53-133-57-55-130-50-46-126-42-33-82(117)102-38-41-113(6,7)8/h28-32,35,58,66,70-72,74-76,78-79,81,86-87,115H,9-14,16-22,24-27,33-34,36-57,59-65H2,1-8H3,(H10-,100,101,102,103,104,105,106,107,108,109,117,118,119,120,121,122,123,124,125)/p+1/t70?,71-,72-,74-,75+,76-,78?,79-,81+,86?,87-,94-,95-,96-,97+/m0/s1. The van der Waals surface area contributed by atoms with E-state index in [-0.39, 0.29) is 146 Å². The number of ketones is 2. The number of nitrogens with zero attached hydrogens (tertiary/aromatic N) is 4. The average molecular weight is 1950 g/mol. The molecule has 1 saturated heterocycles. The lowest BCUT2D eigenvalue weighted by Gasteiger charge is -2.63.